The maximum atomic E-state index is 10.1. The van der Waals surface area contributed by atoms with Crippen molar-refractivity contribution in [2.75, 3.05) is 0 Å². The quantitative estimate of drug-likeness (QED) is 0.816. The largest absolute Gasteiger partial charge is 0.382 e. The van der Waals surface area contributed by atoms with Crippen molar-refractivity contribution in [3.05, 3.63) is 29.8 Å². The van der Waals surface area contributed by atoms with E-state index in [4.69, 9.17) is 0 Å². The van der Waals surface area contributed by atoms with Crippen LogP contribution in [0.4, 0.5) is 0 Å². The summed E-state index contributed by atoms with van der Waals surface area (Å²) in [4.78, 5) is 0. The topological polar surface area (TPSA) is 68.8 Å². The van der Waals surface area contributed by atoms with Crippen LogP contribution in [0.15, 0.2) is 18.6 Å². The lowest BCUT2D eigenvalue weighted by molar-refractivity contribution is 0.207. The number of rotatable bonds is 4. The van der Waals surface area contributed by atoms with E-state index in [0.29, 0.717) is 5.69 Å². The van der Waals surface area contributed by atoms with E-state index in [2.05, 4.69) is 22.3 Å². The maximum absolute atomic E-state index is 10.1. The van der Waals surface area contributed by atoms with Crippen LogP contribution in [-0.4, -0.2) is 29.9 Å². The summed E-state index contributed by atoms with van der Waals surface area (Å²) in [7, 11) is 1.82. The van der Waals surface area contributed by atoms with Crippen LogP contribution < -0.4 is 0 Å². The average Bonchev–Trinajstić information content (AvgIpc) is 2.87. The number of aromatic nitrogens is 5. The summed E-state index contributed by atoms with van der Waals surface area (Å²) >= 11 is 0. The molecule has 2 aromatic rings. The van der Waals surface area contributed by atoms with Crippen LogP contribution in [0.2, 0.25) is 0 Å². The maximum Gasteiger partial charge on any atom is 0.125 e. The molecule has 6 heteroatoms. The van der Waals surface area contributed by atoms with E-state index >= 15 is 0 Å². The lowest BCUT2D eigenvalue weighted by atomic mass is 10.1. The number of hydrogen-bond donors (Lipinski definition) is 1. The van der Waals surface area contributed by atoms with Gasteiger partial charge in [0.25, 0.3) is 0 Å². The van der Waals surface area contributed by atoms with Gasteiger partial charge < -0.3 is 5.11 Å². The van der Waals surface area contributed by atoms with Gasteiger partial charge in [0.15, 0.2) is 0 Å². The second-order valence-electron chi connectivity index (χ2n) is 3.73. The Morgan fingerprint density at radius 2 is 2.25 bits per heavy atom. The molecule has 2 aromatic heterocycles. The number of hydrogen-bond acceptors (Lipinski definition) is 4. The van der Waals surface area contributed by atoms with Crippen molar-refractivity contribution in [2.24, 2.45) is 7.05 Å². The van der Waals surface area contributed by atoms with Gasteiger partial charge in [-0.2, -0.15) is 5.10 Å². The van der Waals surface area contributed by atoms with Gasteiger partial charge in [-0.3, -0.25) is 4.68 Å². The van der Waals surface area contributed by atoms with E-state index in [1.54, 1.807) is 28.0 Å². The summed E-state index contributed by atoms with van der Waals surface area (Å²) < 4.78 is 3.38. The molecule has 1 atom stereocenters. The summed E-state index contributed by atoms with van der Waals surface area (Å²) in [6, 6.07) is 0. The number of nitrogens with zero attached hydrogens (tertiary/aromatic N) is 5. The molecule has 1 unspecified atom stereocenters. The fourth-order valence-corrected chi connectivity index (χ4v) is 1.62. The Kier molecular flexibility index (Phi) is 3.00. The zero-order valence-corrected chi connectivity index (χ0v) is 9.41. The smallest absolute Gasteiger partial charge is 0.125 e. The predicted octanol–water partition coefficient (Wildman–Crippen LogP) is 0.503. The van der Waals surface area contributed by atoms with Crippen LogP contribution in [0.1, 0.15) is 30.7 Å². The van der Waals surface area contributed by atoms with Gasteiger partial charge in [0.05, 0.1) is 18.1 Å². The molecule has 2 heterocycles. The van der Waals surface area contributed by atoms with Crippen molar-refractivity contribution in [3.8, 4) is 0 Å². The normalized spacial score (nSPS) is 12.9. The van der Waals surface area contributed by atoms with Gasteiger partial charge in [0.1, 0.15) is 6.10 Å². The van der Waals surface area contributed by atoms with E-state index in [1.807, 2.05) is 7.05 Å². The van der Waals surface area contributed by atoms with Gasteiger partial charge in [-0.15, -0.1) is 5.10 Å². The first-order chi connectivity index (χ1) is 7.72. The number of aryl methyl sites for hydroxylation is 2. The zero-order chi connectivity index (χ0) is 11.5. The Hall–Kier alpha value is -1.69. The molecule has 16 heavy (non-hydrogen) atoms. The molecule has 0 saturated heterocycles. The average molecular weight is 221 g/mol. The molecular weight excluding hydrogens is 206 g/mol. The Morgan fingerprint density at radius 3 is 2.88 bits per heavy atom. The van der Waals surface area contributed by atoms with Crippen LogP contribution in [0, 0.1) is 0 Å². The zero-order valence-electron chi connectivity index (χ0n) is 9.41. The third kappa shape index (κ3) is 1.96. The second-order valence-corrected chi connectivity index (χ2v) is 3.73. The molecule has 86 valence electrons. The molecule has 0 saturated carbocycles. The summed E-state index contributed by atoms with van der Waals surface area (Å²) in [5, 5.41) is 21.9. The molecule has 1 N–H and O–H groups in total. The summed E-state index contributed by atoms with van der Waals surface area (Å²) in [6.07, 6.45) is 5.26. The number of aliphatic hydroxyl groups is 1. The molecule has 2 rings (SSSR count). The monoisotopic (exact) mass is 221 g/mol. The van der Waals surface area contributed by atoms with E-state index in [1.165, 1.54) is 0 Å². The van der Waals surface area contributed by atoms with E-state index in [9.17, 15) is 5.11 Å². The van der Waals surface area contributed by atoms with Crippen molar-refractivity contribution in [1.29, 1.82) is 0 Å². The fraction of sp³-hybridized carbons (Fsp3) is 0.500. The molecule has 0 bridgehead atoms. The van der Waals surface area contributed by atoms with Crippen molar-refractivity contribution in [2.45, 2.75) is 26.0 Å². The first-order valence-corrected chi connectivity index (χ1v) is 5.27. The molecule has 0 aliphatic rings. The van der Waals surface area contributed by atoms with Gasteiger partial charge in [-0.25, -0.2) is 4.68 Å². The van der Waals surface area contributed by atoms with Crippen LogP contribution in [0.25, 0.3) is 0 Å². The minimum atomic E-state index is -0.713. The van der Waals surface area contributed by atoms with Crippen LogP contribution in [-0.2, 0) is 13.6 Å². The Morgan fingerprint density at radius 1 is 1.44 bits per heavy atom. The first kappa shape index (κ1) is 10.8. The summed E-state index contributed by atoms with van der Waals surface area (Å²) in [5.41, 5.74) is 1.46. The molecule has 6 nitrogen and oxygen atoms in total. The van der Waals surface area contributed by atoms with Crippen LogP contribution in [0.3, 0.4) is 0 Å². The molecule has 0 aliphatic heterocycles. The molecular formula is C10H15N5O. The predicted molar refractivity (Wildman–Crippen MR) is 57.6 cm³/mol. The van der Waals surface area contributed by atoms with Gasteiger partial charge in [-0.1, -0.05) is 12.1 Å². The van der Waals surface area contributed by atoms with Gasteiger partial charge in [-0.05, 0) is 6.42 Å². The molecule has 0 spiro atoms. The molecule has 0 fully saturated rings. The minimum Gasteiger partial charge on any atom is -0.382 e. The Balaban J connectivity index is 2.26. The van der Waals surface area contributed by atoms with E-state index < -0.39 is 6.10 Å². The van der Waals surface area contributed by atoms with Crippen LogP contribution >= 0.6 is 0 Å². The van der Waals surface area contributed by atoms with Crippen molar-refractivity contribution in [3.63, 3.8) is 0 Å². The first-order valence-electron chi connectivity index (χ1n) is 5.27. The second kappa shape index (κ2) is 4.44. The van der Waals surface area contributed by atoms with Gasteiger partial charge in [0.2, 0.25) is 0 Å². The summed E-state index contributed by atoms with van der Waals surface area (Å²) in [6.45, 7) is 2.81. The van der Waals surface area contributed by atoms with Gasteiger partial charge >= 0.3 is 0 Å². The Bertz CT molecular complexity index is 461. The van der Waals surface area contributed by atoms with E-state index in [0.717, 1.165) is 18.5 Å². The third-order valence-corrected chi connectivity index (χ3v) is 2.40. The standard InChI is InChI=1S/C10H15N5O/c1-3-4-15-9(6-11-13-15)10(16)8-5-12-14(2)7-8/h5-7,10,16H,3-4H2,1-2H3. The Labute approximate surface area is 93.5 Å². The lowest BCUT2D eigenvalue weighted by Crippen LogP contribution is -2.09. The minimum absolute atomic E-state index is 0.704. The van der Waals surface area contributed by atoms with Gasteiger partial charge in [0, 0.05) is 25.4 Å². The number of aliphatic hydroxyl groups excluding tert-OH is 1. The fourth-order valence-electron chi connectivity index (χ4n) is 1.62. The van der Waals surface area contributed by atoms with E-state index in [-0.39, 0.29) is 0 Å². The highest BCUT2D eigenvalue weighted by molar-refractivity contribution is 5.18. The molecule has 0 aliphatic carbocycles. The van der Waals surface area contributed by atoms with Crippen molar-refractivity contribution < 1.29 is 5.11 Å². The SMILES string of the molecule is CCCn1nncc1C(O)c1cnn(C)c1. The summed E-state index contributed by atoms with van der Waals surface area (Å²) in [5.74, 6) is 0. The molecule has 0 amide bonds. The lowest BCUT2D eigenvalue weighted by Gasteiger charge is -2.09. The van der Waals surface area contributed by atoms with Crippen molar-refractivity contribution in [1.82, 2.24) is 24.8 Å². The highest BCUT2D eigenvalue weighted by Gasteiger charge is 2.17. The molecule has 0 radical (unpaired) electrons. The highest BCUT2D eigenvalue weighted by Crippen LogP contribution is 2.20. The third-order valence-electron chi connectivity index (χ3n) is 2.40. The van der Waals surface area contributed by atoms with Crippen LogP contribution in [0.5, 0.6) is 0 Å². The highest BCUT2D eigenvalue weighted by atomic mass is 16.3. The molecule has 0 aromatic carbocycles. The van der Waals surface area contributed by atoms with Crippen molar-refractivity contribution >= 4 is 0 Å².